The fourth-order valence-electron chi connectivity index (χ4n) is 1.78. The van der Waals surface area contributed by atoms with Gasteiger partial charge < -0.3 is 0 Å². The number of aryl methyl sites for hydroxylation is 2. The van der Waals surface area contributed by atoms with Crippen molar-refractivity contribution in [1.29, 1.82) is 0 Å². The lowest BCUT2D eigenvalue weighted by Gasteiger charge is -2.00. The van der Waals surface area contributed by atoms with Gasteiger partial charge in [-0.05, 0) is 26.0 Å². The van der Waals surface area contributed by atoms with Gasteiger partial charge in [0.05, 0.1) is 16.4 Å². The van der Waals surface area contributed by atoms with Crippen molar-refractivity contribution in [3.05, 3.63) is 41.0 Å². The van der Waals surface area contributed by atoms with Crippen molar-refractivity contribution in [1.82, 2.24) is 14.8 Å². The fraction of sp³-hybridized carbons (Fsp3) is 0.167. The molecule has 3 nitrogen and oxygen atoms in total. The van der Waals surface area contributed by atoms with Crippen LogP contribution in [-0.4, -0.2) is 14.8 Å². The molecule has 0 aliphatic rings. The summed E-state index contributed by atoms with van der Waals surface area (Å²) in [5.74, 6) is 0. The lowest BCUT2D eigenvalue weighted by atomic mass is 10.3. The molecule has 2 aromatic heterocycles. The first-order chi connectivity index (χ1) is 7.75. The highest BCUT2D eigenvalue weighted by Gasteiger charge is 2.12. The largest absolute Gasteiger partial charge is 0.238 e. The van der Waals surface area contributed by atoms with E-state index in [1.165, 1.54) is 0 Å². The van der Waals surface area contributed by atoms with E-state index in [2.05, 4.69) is 22.2 Å². The van der Waals surface area contributed by atoms with E-state index in [0.717, 1.165) is 26.7 Å². The van der Waals surface area contributed by atoms with Gasteiger partial charge in [-0.2, -0.15) is 5.10 Å². The van der Waals surface area contributed by atoms with E-state index in [4.69, 9.17) is 0 Å². The number of fused-ring (bicyclic) bond motifs is 1. The van der Waals surface area contributed by atoms with Crippen molar-refractivity contribution in [3.8, 4) is 5.69 Å². The summed E-state index contributed by atoms with van der Waals surface area (Å²) in [7, 11) is 0. The van der Waals surface area contributed by atoms with Gasteiger partial charge in [0.2, 0.25) is 0 Å². The fourth-order valence-corrected chi connectivity index (χ4v) is 2.72. The van der Waals surface area contributed by atoms with Crippen LogP contribution < -0.4 is 0 Å². The van der Waals surface area contributed by atoms with Gasteiger partial charge in [-0.15, -0.1) is 0 Å². The highest BCUT2D eigenvalue weighted by Crippen LogP contribution is 2.26. The zero-order valence-electron chi connectivity index (χ0n) is 9.14. The van der Waals surface area contributed by atoms with Crippen LogP contribution in [0.1, 0.15) is 10.7 Å². The second kappa shape index (κ2) is 3.42. The summed E-state index contributed by atoms with van der Waals surface area (Å²) >= 11 is 1.68. The number of benzene rings is 1. The third-order valence-corrected chi connectivity index (χ3v) is 3.45. The summed E-state index contributed by atoms with van der Waals surface area (Å²) < 4.78 is 1.97. The monoisotopic (exact) mass is 229 g/mol. The van der Waals surface area contributed by atoms with Crippen LogP contribution in [0.5, 0.6) is 0 Å². The topological polar surface area (TPSA) is 30.7 Å². The molecule has 2 heterocycles. The molecule has 3 rings (SSSR count). The Morgan fingerprint density at radius 1 is 1.12 bits per heavy atom. The molecule has 0 unspecified atom stereocenters. The average molecular weight is 229 g/mol. The molecule has 3 aromatic rings. The maximum absolute atomic E-state index is 4.53. The minimum Gasteiger partial charge on any atom is -0.238 e. The molecule has 0 aliphatic heterocycles. The quantitative estimate of drug-likeness (QED) is 0.642. The van der Waals surface area contributed by atoms with E-state index in [1.807, 2.05) is 36.7 Å². The maximum Gasteiger partial charge on any atom is 0.147 e. The van der Waals surface area contributed by atoms with Crippen molar-refractivity contribution in [2.45, 2.75) is 13.8 Å². The standard InChI is InChI=1S/C12H11N3S/c1-8-11-12(16-9(2)13-11)15(14-8)10-6-4-3-5-7-10/h3-7H,1-2H3. The third kappa shape index (κ3) is 1.34. The smallest absolute Gasteiger partial charge is 0.147 e. The Kier molecular flexibility index (Phi) is 2.04. The Bertz CT molecular complexity index is 637. The predicted molar refractivity (Wildman–Crippen MR) is 66.2 cm³/mol. The third-order valence-electron chi connectivity index (χ3n) is 2.50. The first kappa shape index (κ1) is 9.54. The van der Waals surface area contributed by atoms with Crippen molar-refractivity contribution in [2.24, 2.45) is 0 Å². The Morgan fingerprint density at radius 2 is 1.88 bits per heavy atom. The number of hydrogen-bond donors (Lipinski definition) is 0. The number of aromatic nitrogens is 3. The van der Waals surface area contributed by atoms with Crippen LogP contribution >= 0.6 is 11.3 Å². The predicted octanol–water partition coefficient (Wildman–Crippen LogP) is 3.10. The summed E-state index contributed by atoms with van der Waals surface area (Å²) in [6, 6.07) is 10.2. The highest BCUT2D eigenvalue weighted by molar-refractivity contribution is 7.18. The molecule has 0 atom stereocenters. The summed E-state index contributed by atoms with van der Waals surface area (Å²) in [5.41, 5.74) is 3.10. The van der Waals surface area contributed by atoms with E-state index >= 15 is 0 Å². The molecule has 0 fully saturated rings. The van der Waals surface area contributed by atoms with Gasteiger partial charge in [0, 0.05) is 0 Å². The number of hydrogen-bond acceptors (Lipinski definition) is 3. The first-order valence-electron chi connectivity index (χ1n) is 5.14. The van der Waals surface area contributed by atoms with E-state index in [0.29, 0.717) is 0 Å². The van der Waals surface area contributed by atoms with Gasteiger partial charge >= 0.3 is 0 Å². The van der Waals surface area contributed by atoms with Crippen LogP contribution in [0.4, 0.5) is 0 Å². The zero-order valence-corrected chi connectivity index (χ0v) is 9.95. The molecular formula is C12H11N3S. The van der Waals surface area contributed by atoms with E-state index in [9.17, 15) is 0 Å². The lowest BCUT2D eigenvalue weighted by Crippen LogP contribution is -1.94. The number of nitrogens with zero attached hydrogens (tertiary/aromatic N) is 3. The van der Waals surface area contributed by atoms with Gasteiger partial charge in [0.1, 0.15) is 10.3 Å². The summed E-state index contributed by atoms with van der Waals surface area (Å²) in [6.07, 6.45) is 0. The summed E-state index contributed by atoms with van der Waals surface area (Å²) in [5, 5.41) is 5.61. The molecule has 0 spiro atoms. The van der Waals surface area contributed by atoms with Gasteiger partial charge in [0.25, 0.3) is 0 Å². The van der Waals surface area contributed by atoms with Crippen LogP contribution in [-0.2, 0) is 0 Å². The Hall–Kier alpha value is -1.68. The average Bonchev–Trinajstić information content (AvgIpc) is 2.80. The Labute approximate surface area is 97.4 Å². The van der Waals surface area contributed by atoms with Gasteiger partial charge in [-0.3, -0.25) is 0 Å². The molecule has 0 radical (unpaired) electrons. The van der Waals surface area contributed by atoms with Crippen molar-refractivity contribution < 1.29 is 0 Å². The van der Waals surface area contributed by atoms with Gasteiger partial charge in [-0.1, -0.05) is 29.5 Å². The van der Waals surface area contributed by atoms with Crippen LogP contribution in [0, 0.1) is 13.8 Å². The molecule has 4 heteroatoms. The Balaban J connectivity index is 2.32. The first-order valence-corrected chi connectivity index (χ1v) is 5.95. The van der Waals surface area contributed by atoms with Crippen molar-refractivity contribution in [3.63, 3.8) is 0 Å². The molecule has 1 aromatic carbocycles. The highest BCUT2D eigenvalue weighted by atomic mass is 32.1. The molecule has 16 heavy (non-hydrogen) atoms. The molecule has 0 bridgehead atoms. The van der Waals surface area contributed by atoms with Crippen molar-refractivity contribution >= 4 is 21.7 Å². The van der Waals surface area contributed by atoms with Gasteiger partial charge in [0.15, 0.2) is 0 Å². The zero-order chi connectivity index (χ0) is 11.1. The second-order valence-electron chi connectivity index (χ2n) is 3.72. The van der Waals surface area contributed by atoms with Crippen LogP contribution in [0.15, 0.2) is 30.3 Å². The molecular weight excluding hydrogens is 218 g/mol. The lowest BCUT2D eigenvalue weighted by molar-refractivity contribution is 0.893. The Morgan fingerprint density at radius 3 is 2.62 bits per heavy atom. The molecule has 0 amide bonds. The second-order valence-corrected chi connectivity index (χ2v) is 4.90. The van der Waals surface area contributed by atoms with Crippen LogP contribution in [0.2, 0.25) is 0 Å². The number of rotatable bonds is 1. The van der Waals surface area contributed by atoms with E-state index in [1.54, 1.807) is 11.3 Å². The SMILES string of the molecule is Cc1nc2c(C)nn(-c3ccccc3)c2s1. The summed E-state index contributed by atoms with van der Waals surface area (Å²) in [4.78, 5) is 5.62. The molecule has 0 aliphatic carbocycles. The van der Waals surface area contributed by atoms with E-state index < -0.39 is 0 Å². The molecule has 0 N–H and O–H groups in total. The van der Waals surface area contributed by atoms with Crippen LogP contribution in [0.3, 0.4) is 0 Å². The van der Waals surface area contributed by atoms with E-state index in [-0.39, 0.29) is 0 Å². The van der Waals surface area contributed by atoms with Crippen molar-refractivity contribution in [2.75, 3.05) is 0 Å². The molecule has 0 saturated carbocycles. The minimum atomic E-state index is 0.989. The minimum absolute atomic E-state index is 0.989. The number of para-hydroxylation sites is 1. The molecule has 0 saturated heterocycles. The molecule has 80 valence electrons. The van der Waals surface area contributed by atoms with Gasteiger partial charge in [-0.25, -0.2) is 9.67 Å². The number of thiazole rings is 1. The normalized spacial score (nSPS) is 11.1. The maximum atomic E-state index is 4.53. The van der Waals surface area contributed by atoms with Crippen LogP contribution in [0.25, 0.3) is 16.0 Å². The summed E-state index contributed by atoms with van der Waals surface area (Å²) in [6.45, 7) is 4.03.